The van der Waals surface area contributed by atoms with E-state index in [9.17, 15) is 0 Å². The lowest BCUT2D eigenvalue weighted by Crippen LogP contribution is -2.31. The lowest BCUT2D eigenvalue weighted by atomic mass is 9.72. The lowest BCUT2D eigenvalue weighted by Gasteiger charge is -2.36. The van der Waals surface area contributed by atoms with E-state index in [2.05, 4.69) is 19.1 Å². The molecule has 1 unspecified atom stereocenters. The first-order valence-electron chi connectivity index (χ1n) is 6.70. The Morgan fingerprint density at radius 1 is 1.10 bits per heavy atom. The van der Waals surface area contributed by atoms with Crippen molar-refractivity contribution in [2.24, 2.45) is 0 Å². The van der Waals surface area contributed by atoms with Gasteiger partial charge in [-0.3, -0.25) is 0 Å². The predicted molar refractivity (Wildman–Crippen MR) is 84.2 cm³/mol. The van der Waals surface area contributed by atoms with Crippen LogP contribution in [0.4, 0.5) is 0 Å². The Bertz CT molecular complexity index is 649. The summed E-state index contributed by atoms with van der Waals surface area (Å²) in [4.78, 5) is 0. The second-order valence-electron chi connectivity index (χ2n) is 5.54. The highest BCUT2D eigenvalue weighted by Crippen LogP contribution is 2.45. The van der Waals surface area contributed by atoms with Crippen LogP contribution < -0.4 is 4.74 Å². The van der Waals surface area contributed by atoms with Crippen LogP contribution in [0.1, 0.15) is 30.0 Å². The average molecular weight is 307 g/mol. The molecule has 3 heteroatoms. The van der Waals surface area contributed by atoms with E-state index in [1.807, 2.05) is 31.2 Å². The number of aryl methyl sites for hydroxylation is 1. The van der Waals surface area contributed by atoms with Gasteiger partial charge in [-0.05, 0) is 48.7 Å². The SMILES string of the molecule is Cc1cc2c(cc1Cl)C(C)(c1ccc(Cl)cc1)CCO2. The predicted octanol–water partition coefficient (Wildman–Crippen LogP) is 5.39. The molecule has 0 N–H and O–H groups in total. The molecule has 20 heavy (non-hydrogen) atoms. The van der Waals surface area contributed by atoms with Crippen molar-refractivity contribution in [3.05, 3.63) is 63.1 Å². The molecular formula is C17H16Cl2O. The molecule has 0 bridgehead atoms. The van der Waals surface area contributed by atoms with Gasteiger partial charge in [-0.15, -0.1) is 0 Å². The molecule has 0 saturated carbocycles. The molecule has 0 saturated heterocycles. The number of benzene rings is 2. The normalized spacial score (nSPS) is 21.2. The first kappa shape index (κ1) is 13.8. The molecule has 0 fully saturated rings. The van der Waals surface area contributed by atoms with Crippen LogP contribution in [0.3, 0.4) is 0 Å². The summed E-state index contributed by atoms with van der Waals surface area (Å²) in [6.45, 7) is 4.96. The Kier molecular flexibility index (Phi) is 3.43. The fraction of sp³-hybridized carbons (Fsp3) is 0.294. The van der Waals surface area contributed by atoms with Crippen LogP contribution in [0.5, 0.6) is 5.75 Å². The minimum atomic E-state index is -0.0878. The molecule has 104 valence electrons. The molecule has 1 atom stereocenters. The van der Waals surface area contributed by atoms with Crippen molar-refractivity contribution >= 4 is 23.2 Å². The third-order valence-electron chi connectivity index (χ3n) is 4.20. The Morgan fingerprint density at radius 2 is 1.80 bits per heavy atom. The summed E-state index contributed by atoms with van der Waals surface area (Å²) in [5.41, 5.74) is 3.36. The minimum absolute atomic E-state index is 0.0878. The quantitative estimate of drug-likeness (QED) is 0.686. The Morgan fingerprint density at radius 3 is 2.50 bits per heavy atom. The summed E-state index contributed by atoms with van der Waals surface area (Å²) < 4.78 is 5.82. The number of ether oxygens (including phenoxy) is 1. The molecular weight excluding hydrogens is 291 g/mol. The van der Waals surface area contributed by atoms with Crippen molar-refractivity contribution in [2.75, 3.05) is 6.61 Å². The second-order valence-corrected chi connectivity index (χ2v) is 6.38. The fourth-order valence-electron chi connectivity index (χ4n) is 2.82. The van der Waals surface area contributed by atoms with E-state index in [0.29, 0.717) is 6.61 Å². The molecule has 0 radical (unpaired) electrons. The van der Waals surface area contributed by atoms with E-state index in [1.165, 1.54) is 5.56 Å². The van der Waals surface area contributed by atoms with Crippen LogP contribution in [0, 0.1) is 6.92 Å². The first-order chi connectivity index (χ1) is 9.50. The maximum atomic E-state index is 6.31. The highest BCUT2D eigenvalue weighted by Gasteiger charge is 2.35. The van der Waals surface area contributed by atoms with Gasteiger partial charge < -0.3 is 4.74 Å². The Labute approximate surface area is 129 Å². The van der Waals surface area contributed by atoms with Crippen molar-refractivity contribution < 1.29 is 4.74 Å². The summed E-state index contributed by atoms with van der Waals surface area (Å²) in [5.74, 6) is 0.940. The molecule has 1 heterocycles. The van der Waals surface area contributed by atoms with Crippen LogP contribution in [0.2, 0.25) is 10.0 Å². The van der Waals surface area contributed by atoms with E-state index in [0.717, 1.165) is 33.3 Å². The van der Waals surface area contributed by atoms with Gasteiger partial charge >= 0.3 is 0 Å². The standard InChI is InChI=1S/C17H16Cl2O/c1-11-9-16-14(10-15(11)19)17(2,7-8-20-16)12-3-5-13(18)6-4-12/h3-6,9-10H,7-8H2,1-2H3. The monoisotopic (exact) mass is 306 g/mol. The third kappa shape index (κ3) is 2.19. The van der Waals surface area contributed by atoms with Gasteiger partial charge in [-0.1, -0.05) is 42.3 Å². The molecule has 0 spiro atoms. The van der Waals surface area contributed by atoms with E-state index >= 15 is 0 Å². The molecule has 1 aliphatic rings. The summed E-state index contributed by atoms with van der Waals surface area (Å²) >= 11 is 12.3. The number of fused-ring (bicyclic) bond motifs is 1. The van der Waals surface area contributed by atoms with Crippen molar-refractivity contribution in [3.63, 3.8) is 0 Å². The lowest BCUT2D eigenvalue weighted by molar-refractivity contribution is 0.243. The Balaban J connectivity index is 2.17. The largest absolute Gasteiger partial charge is 0.493 e. The molecule has 0 amide bonds. The smallest absolute Gasteiger partial charge is 0.123 e. The van der Waals surface area contributed by atoms with E-state index in [4.69, 9.17) is 27.9 Å². The highest BCUT2D eigenvalue weighted by molar-refractivity contribution is 6.31. The summed E-state index contributed by atoms with van der Waals surface area (Å²) in [7, 11) is 0. The number of rotatable bonds is 1. The maximum Gasteiger partial charge on any atom is 0.123 e. The van der Waals surface area contributed by atoms with Gasteiger partial charge in [-0.25, -0.2) is 0 Å². The van der Waals surface area contributed by atoms with E-state index in [1.54, 1.807) is 0 Å². The topological polar surface area (TPSA) is 9.23 Å². The molecule has 1 nitrogen and oxygen atoms in total. The van der Waals surface area contributed by atoms with Gasteiger partial charge in [0.1, 0.15) is 5.75 Å². The van der Waals surface area contributed by atoms with E-state index in [-0.39, 0.29) is 5.41 Å². The fourth-order valence-corrected chi connectivity index (χ4v) is 3.11. The van der Waals surface area contributed by atoms with Gasteiger partial charge in [0.05, 0.1) is 6.61 Å². The molecule has 3 rings (SSSR count). The molecule has 0 aliphatic carbocycles. The van der Waals surface area contributed by atoms with Crippen LogP contribution in [-0.4, -0.2) is 6.61 Å². The average Bonchev–Trinajstić information content (AvgIpc) is 2.42. The molecule has 0 aromatic heterocycles. The van der Waals surface area contributed by atoms with Gasteiger partial charge in [0.2, 0.25) is 0 Å². The summed E-state index contributed by atoms with van der Waals surface area (Å²) in [6.07, 6.45) is 0.932. The molecule has 2 aromatic rings. The van der Waals surface area contributed by atoms with Crippen LogP contribution in [0.15, 0.2) is 36.4 Å². The van der Waals surface area contributed by atoms with Gasteiger partial charge in [0.15, 0.2) is 0 Å². The van der Waals surface area contributed by atoms with Crippen molar-refractivity contribution in [2.45, 2.75) is 25.7 Å². The van der Waals surface area contributed by atoms with Gasteiger partial charge in [0, 0.05) is 21.0 Å². The van der Waals surface area contributed by atoms with Crippen molar-refractivity contribution in [1.82, 2.24) is 0 Å². The van der Waals surface area contributed by atoms with E-state index < -0.39 is 0 Å². The zero-order chi connectivity index (χ0) is 14.3. The molecule has 1 aliphatic heterocycles. The Hall–Kier alpha value is -1.18. The molecule has 2 aromatic carbocycles. The van der Waals surface area contributed by atoms with Crippen LogP contribution in [0.25, 0.3) is 0 Å². The van der Waals surface area contributed by atoms with Crippen LogP contribution in [-0.2, 0) is 5.41 Å². The third-order valence-corrected chi connectivity index (χ3v) is 4.86. The number of hydrogen-bond donors (Lipinski definition) is 0. The van der Waals surface area contributed by atoms with Crippen LogP contribution >= 0.6 is 23.2 Å². The highest BCUT2D eigenvalue weighted by atomic mass is 35.5. The first-order valence-corrected chi connectivity index (χ1v) is 7.46. The van der Waals surface area contributed by atoms with Crippen molar-refractivity contribution in [1.29, 1.82) is 0 Å². The zero-order valence-electron chi connectivity index (χ0n) is 11.5. The summed E-state index contributed by atoms with van der Waals surface area (Å²) in [6, 6.07) is 12.1. The van der Waals surface area contributed by atoms with Gasteiger partial charge in [0.25, 0.3) is 0 Å². The number of hydrogen-bond acceptors (Lipinski definition) is 1. The number of halogens is 2. The summed E-state index contributed by atoms with van der Waals surface area (Å²) in [5, 5.41) is 1.54. The zero-order valence-corrected chi connectivity index (χ0v) is 13.1. The van der Waals surface area contributed by atoms with Crippen molar-refractivity contribution in [3.8, 4) is 5.75 Å². The van der Waals surface area contributed by atoms with Gasteiger partial charge in [-0.2, -0.15) is 0 Å². The maximum absolute atomic E-state index is 6.31. The second kappa shape index (κ2) is 4.98. The minimum Gasteiger partial charge on any atom is -0.493 e.